The van der Waals surface area contributed by atoms with E-state index in [2.05, 4.69) is 62.3 Å². The molecule has 0 fully saturated rings. The number of thioether (sulfide) groups is 1. The largest absolute Gasteiger partial charge is 0.388 e. The molecule has 0 spiro atoms. The minimum absolute atomic E-state index is 0.164. The molecular formula is C20H35N3S. The van der Waals surface area contributed by atoms with Crippen LogP contribution >= 0.6 is 11.8 Å². The quantitative estimate of drug-likeness (QED) is 0.655. The van der Waals surface area contributed by atoms with E-state index in [1.165, 1.54) is 31.2 Å². The van der Waals surface area contributed by atoms with Crippen LogP contribution in [-0.4, -0.2) is 18.0 Å². The molecule has 1 atom stereocenters. The predicted molar refractivity (Wildman–Crippen MR) is 111 cm³/mol. The first-order chi connectivity index (χ1) is 11.4. The second-order valence-electron chi connectivity index (χ2n) is 7.04. The normalized spacial score (nSPS) is 20.2. The minimum atomic E-state index is -0.164. The molecule has 2 rings (SSSR count). The van der Waals surface area contributed by atoms with E-state index in [1.807, 2.05) is 7.05 Å². The fourth-order valence-electron chi connectivity index (χ4n) is 2.71. The molecular weight excluding hydrogens is 314 g/mol. The molecule has 1 aromatic carbocycles. The monoisotopic (exact) mass is 349 g/mol. The molecule has 136 valence electrons. The highest BCUT2D eigenvalue weighted by molar-refractivity contribution is 8.13. The molecule has 1 aliphatic heterocycles. The summed E-state index contributed by atoms with van der Waals surface area (Å²) < 4.78 is 0. The molecule has 1 aliphatic rings. The average molecular weight is 350 g/mol. The molecule has 0 radical (unpaired) electrons. The van der Waals surface area contributed by atoms with Crippen LogP contribution < -0.4 is 11.1 Å². The first kappa shape index (κ1) is 20.9. The van der Waals surface area contributed by atoms with E-state index < -0.39 is 0 Å². The van der Waals surface area contributed by atoms with E-state index in [0.29, 0.717) is 5.17 Å². The van der Waals surface area contributed by atoms with Crippen LogP contribution in [0, 0.1) is 5.92 Å². The van der Waals surface area contributed by atoms with Gasteiger partial charge in [0.2, 0.25) is 0 Å². The summed E-state index contributed by atoms with van der Waals surface area (Å²) in [6.45, 7) is 8.97. The van der Waals surface area contributed by atoms with Crippen molar-refractivity contribution in [1.82, 2.24) is 0 Å². The summed E-state index contributed by atoms with van der Waals surface area (Å²) in [5.41, 5.74) is 7.99. The van der Waals surface area contributed by atoms with Crippen molar-refractivity contribution >= 4 is 22.6 Å². The molecule has 0 aliphatic carbocycles. The van der Waals surface area contributed by atoms with Crippen molar-refractivity contribution in [2.75, 3.05) is 18.1 Å². The van der Waals surface area contributed by atoms with Gasteiger partial charge in [-0.15, -0.1) is 0 Å². The summed E-state index contributed by atoms with van der Waals surface area (Å²) in [5, 5.41) is 3.85. The van der Waals surface area contributed by atoms with Crippen LogP contribution in [0.4, 0.5) is 5.69 Å². The lowest BCUT2D eigenvalue weighted by Gasteiger charge is -2.30. The highest BCUT2D eigenvalue weighted by Gasteiger charge is 2.29. The van der Waals surface area contributed by atoms with Gasteiger partial charge in [-0.3, -0.25) is 4.99 Å². The SMILES string of the molecule is CCCCCC(C)C.CNc1cccc(C2(C)CCSC(N)=N2)c1. The zero-order valence-electron chi connectivity index (χ0n) is 16.1. The van der Waals surface area contributed by atoms with E-state index in [0.717, 1.165) is 23.8 Å². The molecule has 1 unspecified atom stereocenters. The number of amidine groups is 1. The van der Waals surface area contributed by atoms with Crippen LogP contribution in [0.2, 0.25) is 0 Å². The van der Waals surface area contributed by atoms with Crippen molar-refractivity contribution in [2.24, 2.45) is 16.6 Å². The Labute approximate surface area is 152 Å². The molecule has 0 saturated heterocycles. The minimum Gasteiger partial charge on any atom is -0.388 e. The Morgan fingerprint density at radius 3 is 2.67 bits per heavy atom. The Hall–Kier alpha value is -1.16. The third kappa shape index (κ3) is 7.16. The van der Waals surface area contributed by atoms with Gasteiger partial charge in [0.1, 0.15) is 0 Å². The van der Waals surface area contributed by atoms with Crippen LogP contribution in [0.5, 0.6) is 0 Å². The van der Waals surface area contributed by atoms with Crippen molar-refractivity contribution in [1.29, 1.82) is 0 Å². The third-order valence-corrected chi connectivity index (χ3v) is 5.15. The van der Waals surface area contributed by atoms with E-state index >= 15 is 0 Å². The Kier molecular flexibility index (Phi) is 9.27. The number of unbranched alkanes of at least 4 members (excludes halogenated alkanes) is 2. The summed E-state index contributed by atoms with van der Waals surface area (Å²) in [7, 11) is 1.93. The predicted octanol–water partition coefficient (Wildman–Crippen LogP) is 5.62. The van der Waals surface area contributed by atoms with Crippen LogP contribution in [0.1, 0.15) is 65.4 Å². The number of hydrogen-bond donors (Lipinski definition) is 2. The summed E-state index contributed by atoms with van der Waals surface area (Å²) >= 11 is 1.64. The van der Waals surface area contributed by atoms with E-state index in [1.54, 1.807) is 11.8 Å². The Bertz CT molecular complexity index is 513. The van der Waals surface area contributed by atoms with Gasteiger partial charge in [-0.05, 0) is 37.0 Å². The number of nitrogens with two attached hydrogens (primary N) is 1. The van der Waals surface area contributed by atoms with Gasteiger partial charge < -0.3 is 11.1 Å². The maximum Gasteiger partial charge on any atom is 0.154 e. The van der Waals surface area contributed by atoms with E-state index in [4.69, 9.17) is 5.73 Å². The summed E-state index contributed by atoms with van der Waals surface area (Å²) in [4.78, 5) is 4.59. The molecule has 24 heavy (non-hydrogen) atoms. The molecule has 0 bridgehead atoms. The fourth-order valence-corrected chi connectivity index (χ4v) is 3.68. The number of hydrogen-bond acceptors (Lipinski definition) is 4. The second kappa shape index (κ2) is 10.7. The highest BCUT2D eigenvalue weighted by Crippen LogP contribution is 2.35. The fraction of sp³-hybridized carbons (Fsp3) is 0.650. The zero-order valence-corrected chi connectivity index (χ0v) is 16.9. The number of benzene rings is 1. The van der Waals surface area contributed by atoms with Crippen molar-refractivity contribution in [3.63, 3.8) is 0 Å². The van der Waals surface area contributed by atoms with Gasteiger partial charge >= 0.3 is 0 Å². The van der Waals surface area contributed by atoms with Crippen LogP contribution in [-0.2, 0) is 5.54 Å². The van der Waals surface area contributed by atoms with Gasteiger partial charge in [0, 0.05) is 18.5 Å². The van der Waals surface area contributed by atoms with E-state index in [9.17, 15) is 0 Å². The van der Waals surface area contributed by atoms with Crippen LogP contribution in [0.25, 0.3) is 0 Å². The summed E-state index contributed by atoms with van der Waals surface area (Å²) in [6.07, 6.45) is 6.64. The lowest BCUT2D eigenvalue weighted by atomic mass is 9.89. The number of nitrogens with zero attached hydrogens (tertiary/aromatic N) is 1. The van der Waals surface area contributed by atoms with Crippen molar-refractivity contribution in [2.45, 2.75) is 65.3 Å². The molecule has 0 saturated carbocycles. The van der Waals surface area contributed by atoms with Crippen molar-refractivity contribution in [3.05, 3.63) is 29.8 Å². The third-order valence-electron chi connectivity index (χ3n) is 4.35. The smallest absolute Gasteiger partial charge is 0.154 e. The average Bonchev–Trinajstić information content (AvgIpc) is 2.55. The zero-order chi connectivity index (χ0) is 18.0. The number of aliphatic imine (C=N–C) groups is 1. The summed E-state index contributed by atoms with van der Waals surface area (Å²) in [6, 6.07) is 8.37. The lowest BCUT2D eigenvalue weighted by Crippen LogP contribution is -2.28. The molecule has 0 aromatic heterocycles. The van der Waals surface area contributed by atoms with Crippen LogP contribution in [0.3, 0.4) is 0 Å². The number of nitrogens with one attached hydrogen (secondary N) is 1. The van der Waals surface area contributed by atoms with Crippen molar-refractivity contribution < 1.29 is 0 Å². The molecule has 3 nitrogen and oxygen atoms in total. The van der Waals surface area contributed by atoms with Gasteiger partial charge in [-0.2, -0.15) is 0 Å². The topological polar surface area (TPSA) is 50.4 Å². The van der Waals surface area contributed by atoms with Gasteiger partial charge in [-0.25, -0.2) is 0 Å². The molecule has 4 heteroatoms. The highest BCUT2D eigenvalue weighted by atomic mass is 32.2. The maximum atomic E-state index is 5.82. The number of rotatable bonds is 6. The summed E-state index contributed by atoms with van der Waals surface area (Å²) in [5.74, 6) is 1.94. The number of anilines is 1. The standard InChI is InChI=1S/C12H17N3S.C8H18/c1-12(6-7-16-11(13)15-12)9-4-3-5-10(8-9)14-2;1-4-5-6-7-8(2)3/h3-5,8,14H,6-7H2,1-2H3,(H2,13,15);8H,4-7H2,1-3H3. The van der Waals surface area contributed by atoms with Gasteiger partial charge in [-0.1, -0.05) is 70.3 Å². The first-order valence-electron chi connectivity index (χ1n) is 9.17. The van der Waals surface area contributed by atoms with Gasteiger partial charge in [0.05, 0.1) is 5.54 Å². The Morgan fingerprint density at radius 1 is 1.33 bits per heavy atom. The van der Waals surface area contributed by atoms with Gasteiger partial charge in [0.25, 0.3) is 0 Å². The first-order valence-corrected chi connectivity index (χ1v) is 10.2. The van der Waals surface area contributed by atoms with Gasteiger partial charge in [0.15, 0.2) is 5.17 Å². The lowest BCUT2D eigenvalue weighted by molar-refractivity contribution is 0.482. The molecule has 1 heterocycles. The maximum absolute atomic E-state index is 5.82. The Balaban J connectivity index is 0.000000307. The van der Waals surface area contributed by atoms with Crippen LogP contribution in [0.15, 0.2) is 29.3 Å². The molecule has 3 N–H and O–H groups in total. The molecule has 0 amide bonds. The van der Waals surface area contributed by atoms with E-state index in [-0.39, 0.29) is 5.54 Å². The molecule has 1 aromatic rings. The Morgan fingerprint density at radius 2 is 2.08 bits per heavy atom. The second-order valence-corrected chi connectivity index (χ2v) is 8.16. The van der Waals surface area contributed by atoms with Crippen molar-refractivity contribution in [3.8, 4) is 0 Å².